The van der Waals surface area contributed by atoms with Crippen LogP contribution in [0.2, 0.25) is 0 Å². The van der Waals surface area contributed by atoms with Gasteiger partial charge in [-0.3, -0.25) is 14.6 Å². The number of pyridine rings is 2. The summed E-state index contributed by atoms with van der Waals surface area (Å²) in [4.78, 5) is 42.3. The molecule has 3 N–H and O–H groups in total. The van der Waals surface area contributed by atoms with Gasteiger partial charge in [0.25, 0.3) is 11.5 Å². The summed E-state index contributed by atoms with van der Waals surface area (Å²) in [6.45, 7) is 2.02. The van der Waals surface area contributed by atoms with Gasteiger partial charge in [-0.05, 0) is 43.3 Å². The fraction of sp³-hybridized carbons (Fsp3) is 0.0455. The van der Waals surface area contributed by atoms with Gasteiger partial charge in [0.15, 0.2) is 5.65 Å². The summed E-state index contributed by atoms with van der Waals surface area (Å²) < 4.78 is 0. The standard InChI is InChI=1S/C22H15N5O2S/c1-11-4-7-17(30-11)19-18(13-5-6-15-12(9-13)3-2-8-24-15)25-16-10-14(20(23)28)22(29)27-21(16)26-19/h2-10H,1H3,(H2,23,28)(H,26,27,29). The molecule has 1 amide bonds. The molecule has 1 aromatic carbocycles. The molecule has 0 spiro atoms. The number of thiophene rings is 1. The van der Waals surface area contributed by atoms with E-state index in [4.69, 9.17) is 15.7 Å². The quantitative estimate of drug-likeness (QED) is 0.468. The lowest BCUT2D eigenvalue weighted by molar-refractivity contribution is 0.0999. The van der Waals surface area contributed by atoms with E-state index in [1.54, 1.807) is 17.5 Å². The molecule has 4 aromatic heterocycles. The average molecular weight is 413 g/mol. The van der Waals surface area contributed by atoms with E-state index in [0.717, 1.165) is 26.2 Å². The average Bonchev–Trinajstić information content (AvgIpc) is 3.18. The lowest BCUT2D eigenvalue weighted by Crippen LogP contribution is -2.23. The summed E-state index contributed by atoms with van der Waals surface area (Å²) in [5.74, 6) is -0.809. The number of nitrogens with zero attached hydrogens (tertiary/aromatic N) is 3. The van der Waals surface area contributed by atoms with E-state index in [9.17, 15) is 9.59 Å². The topological polar surface area (TPSA) is 115 Å². The van der Waals surface area contributed by atoms with Crippen molar-refractivity contribution in [1.82, 2.24) is 19.9 Å². The number of benzene rings is 1. The number of aromatic nitrogens is 4. The molecular weight excluding hydrogens is 398 g/mol. The zero-order valence-corrected chi connectivity index (χ0v) is 16.7. The van der Waals surface area contributed by atoms with Gasteiger partial charge in [-0.15, -0.1) is 11.3 Å². The van der Waals surface area contributed by atoms with E-state index < -0.39 is 11.5 Å². The van der Waals surface area contributed by atoms with Gasteiger partial charge in [0.1, 0.15) is 16.8 Å². The molecular formula is C22H15N5O2S. The van der Waals surface area contributed by atoms with Crippen LogP contribution in [0.15, 0.2) is 59.5 Å². The number of fused-ring (bicyclic) bond motifs is 2. The number of nitrogens with one attached hydrogen (secondary N) is 1. The Morgan fingerprint density at radius 3 is 2.67 bits per heavy atom. The number of amides is 1. The van der Waals surface area contributed by atoms with Crippen LogP contribution in [0.25, 0.3) is 43.9 Å². The number of nitrogens with two attached hydrogens (primary N) is 1. The van der Waals surface area contributed by atoms with Crippen molar-refractivity contribution in [2.75, 3.05) is 0 Å². The second-order valence-electron chi connectivity index (χ2n) is 6.85. The van der Waals surface area contributed by atoms with Gasteiger partial charge in [-0.1, -0.05) is 12.1 Å². The predicted octanol–water partition coefficient (Wildman–Crippen LogP) is 3.67. The van der Waals surface area contributed by atoms with Gasteiger partial charge in [0.05, 0.1) is 16.1 Å². The number of hydrogen-bond donors (Lipinski definition) is 2. The molecule has 4 heterocycles. The molecule has 0 aliphatic rings. The molecule has 0 bridgehead atoms. The van der Waals surface area contributed by atoms with Crippen molar-refractivity contribution in [3.8, 4) is 21.8 Å². The molecule has 8 heteroatoms. The molecule has 0 saturated carbocycles. The number of carbonyl (C=O) groups is 1. The minimum atomic E-state index is -0.809. The first-order valence-corrected chi connectivity index (χ1v) is 9.98. The molecule has 0 fully saturated rings. The molecule has 5 rings (SSSR count). The summed E-state index contributed by atoms with van der Waals surface area (Å²) in [6, 6.07) is 15.1. The third-order valence-electron chi connectivity index (χ3n) is 4.80. The summed E-state index contributed by atoms with van der Waals surface area (Å²) in [7, 11) is 0. The number of primary amides is 1. The Hall–Kier alpha value is -3.91. The zero-order chi connectivity index (χ0) is 20.8. The van der Waals surface area contributed by atoms with Crippen LogP contribution in [-0.4, -0.2) is 25.8 Å². The first-order valence-electron chi connectivity index (χ1n) is 9.16. The maximum atomic E-state index is 12.2. The molecule has 0 saturated heterocycles. The van der Waals surface area contributed by atoms with E-state index >= 15 is 0 Å². The normalized spacial score (nSPS) is 11.2. The molecule has 0 atom stereocenters. The Balaban J connectivity index is 1.83. The van der Waals surface area contributed by atoms with Crippen molar-refractivity contribution in [2.45, 2.75) is 6.92 Å². The van der Waals surface area contributed by atoms with Crippen LogP contribution in [0.5, 0.6) is 0 Å². The van der Waals surface area contributed by atoms with Gasteiger partial charge in [-0.2, -0.15) is 0 Å². The van der Waals surface area contributed by atoms with Crippen molar-refractivity contribution in [3.63, 3.8) is 0 Å². The number of aryl methyl sites for hydroxylation is 1. The summed E-state index contributed by atoms with van der Waals surface area (Å²) in [5, 5.41) is 0.976. The lowest BCUT2D eigenvalue weighted by atomic mass is 10.1. The third-order valence-corrected chi connectivity index (χ3v) is 5.80. The first kappa shape index (κ1) is 18.1. The minimum Gasteiger partial charge on any atom is -0.365 e. The SMILES string of the molecule is Cc1ccc(-c2nc3[nH]c(=O)c(C(N)=O)cc3nc2-c2ccc3ncccc3c2)s1. The Morgan fingerprint density at radius 1 is 1.03 bits per heavy atom. The molecule has 7 nitrogen and oxygen atoms in total. The highest BCUT2D eigenvalue weighted by atomic mass is 32.1. The van der Waals surface area contributed by atoms with Crippen molar-refractivity contribution in [3.05, 3.63) is 75.5 Å². The van der Waals surface area contributed by atoms with Crippen molar-refractivity contribution in [2.24, 2.45) is 5.73 Å². The van der Waals surface area contributed by atoms with Gasteiger partial charge < -0.3 is 10.7 Å². The monoisotopic (exact) mass is 413 g/mol. The highest BCUT2D eigenvalue weighted by Gasteiger charge is 2.17. The molecule has 5 aromatic rings. The molecule has 30 heavy (non-hydrogen) atoms. The van der Waals surface area contributed by atoms with Crippen LogP contribution in [0.4, 0.5) is 0 Å². The number of H-pyrrole nitrogens is 1. The lowest BCUT2D eigenvalue weighted by Gasteiger charge is -2.10. The van der Waals surface area contributed by atoms with E-state index in [0.29, 0.717) is 22.6 Å². The molecule has 0 radical (unpaired) electrons. The first-order chi connectivity index (χ1) is 14.5. The van der Waals surface area contributed by atoms with Crippen LogP contribution >= 0.6 is 11.3 Å². The predicted molar refractivity (Wildman–Crippen MR) is 117 cm³/mol. The van der Waals surface area contributed by atoms with E-state index in [2.05, 4.69) is 9.97 Å². The maximum Gasteiger partial charge on any atom is 0.262 e. The minimum absolute atomic E-state index is 0.148. The van der Waals surface area contributed by atoms with Crippen LogP contribution < -0.4 is 11.3 Å². The summed E-state index contributed by atoms with van der Waals surface area (Å²) in [6.07, 6.45) is 1.75. The molecule has 0 aliphatic carbocycles. The summed E-state index contributed by atoms with van der Waals surface area (Å²) in [5.41, 5.74) is 8.34. The van der Waals surface area contributed by atoms with E-state index in [-0.39, 0.29) is 5.56 Å². The number of aromatic amines is 1. The number of rotatable bonds is 3. The second kappa shape index (κ2) is 6.85. The Bertz CT molecular complexity index is 1520. The van der Waals surface area contributed by atoms with Crippen molar-refractivity contribution in [1.29, 1.82) is 0 Å². The number of hydrogen-bond acceptors (Lipinski definition) is 6. The number of carbonyl (C=O) groups excluding carboxylic acids is 1. The second-order valence-corrected chi connectivity index (χ2v) is 8.14. The molecule has 0 aliphatic heterocycles. The molecule has 146 valence electrons. The van der Waals surface area contributed by atoms with Gasteiger partial charge in [0, 0.05) is 22.0 Å². The van der Waals surface area contributed by atoms with Crippen LogP contribution in [0.1, 0.15) is 15.2 Å². The maximum absolute atomic E-state index is 12.2. The Morgan fingerprint density at radius 2 is 1.90 bits per heavy atom. The largest absolute Gasteiger partial charge is 0.365 e. The van der Waals surface area contributed by atoms with Gasteiger partial charge in [-0.25, -0.2) is 9.97 Å². The van der Waals surface area contributed by atoms with E-state index in [1.165, 1.54) is 6.07 Å². The molecule has 0 unspecified atom stereocenters. The zero-order valence-electron chi connectivity index (χ0n) is 15.8. The highest BCUT2D eigenvalue weighted by molar-refractivity contribution is 7.15. The summed E-state index contributed by atoms with van der Waals surface area (Å²) >= 11 is 1.59. The van der Waals surface area contributed by atoms with Gasteiger partial charge in [0.2, 0.25) is 0 Å². The highest BCUT2D eigenvalue weighted by Crippen LogP contribution is 2.35. The fourth-order valence-corrected chi connectivity index (χ4v) is 4.22. The van der Waals surface area contributed by atoms with Crippen molar-refractivity contribution >= 4 is 39.3 Å². The third kappa shape index (κ3) is 3.03. The Kier molecular flexibility index (Phi) is 4.14. The van der Waals surface area contributed by atoms with Crippen LogP contribution in [0.3, 0.4) is 0 Å². The van der Waals surface area contributed by atoms with E-state index in [1.807, 2.05) is 49.4 Å². The van der Waals surface area contributed by atoms with Gasteiger partial charge >= 0.3 is 0 Å². The fourth-order valence-electron chi connectivity index (χ4n) is 3.36. The smallest absolute Gasteiger partial charge is 0.262 e. The van der Waals surface area contributed by atoms with Crippen LogP contribution in [0, 0.1) is 6.92 Å². The Labute approximate surface area is 174 Å². The van der Waals surface area contributed by atoms with Crippen LogP contribution in [-0.2, 0) is 0 Å². The van der Waals surface area contributed by atoms with Crippen molar-refractivity contribution < 1.29 is 4.79 Å².